The van der Waals surface area contributed by atoms with Gasteiger partial charge in [0.25, 0.3) is 0 Å². The number of aliphatic carboxylic acids is 1. The van der Waals surface area contributed by atoms with Crippen LogP contribution in [-0.4, -0.2) is 41.1 Å². The number of carbonyl (C=O) groups is 2. The van der Waals surface area contributed by atoms with Crippen molar-refractivity contribution in [2.24, 2.45) is 5.92 Å². The fourth-order valence-corrected chi connectivity index (χ4v) is 1.46. The van der Waals surface area contributed by atoms with Gasteiger partial charge in [0.15, 0.2) is 0 Å². The summed E-state index contributed by atoms with van der Waals surface area (Å²) in [5, 5.41) is 19.8. The van der Waals surface area contributed by atoms with Gasteiger partial charge in [0.2, 0.25) is 0 Å². The Labute approximate surface area is 113 Å². The van der Waals surface area contributed by atoms with Crippen molar-refractivity contribution >= 4 is 12.0 Å². The number of hydrogen-bond acceptors (Lipinski definition) is 3. The molecule has 2 amide bonds. The Balaban J connectivity index is 4.65. The minimum absolute atomic E-state index is 0.0746. The van der Waals surface area contributed by atoms with Gasteiger partial charge in [-0.2, -0.15) is 5.26 Å². The van der Waals surface area contributed by atoms with E-state index in [0.717, 1.165) is 0 Å². The van der Waals surface area contributed by atoms with Gasteiger partial charge in [0, 0.05) is 19.5 Å². The predicted molar refractivity (Wildman–Crippen MR) is 70.0 cm³/mol. The second-order valence-corrected chi connectivity index (χ2v) is 4.50. The topological polar surface area (TPSA) is 93.4 Å². The molecule has 0 rings (SSSR count). The van der Waals surface area contributed by atoms with Crippen LogP contribution in [0.15, 0.2) is 0 Å². The molecular formula is C13H19N3O3. The van der Waals surface area contributed by atoms with Gasteiger partial charge in [-0.3, -0.25) is 0 Å². The van der Waals surface area contributed by atoms with Gasteiger partial charge < -0.3 is 15.3 Å². The van der Waals surface area contributed by atoms with Crippen molar-refractivity contribution in [3.63, 3.8) is 0 Å². The van der Waals surface area contributed by atoms with E-state index < -0.39 is 18.0 Å². The maximum Gasteiger partial charge on any atom is 0.327 e. The summed E-state index contributed by atoms with van der Waals surface area (Å²) < 4.78 is 0. The first-order valence-corrected chi connectivity index (χ1v) is 6.01. The minimum atomic E-state index is -1.17. The second kappa shape index (κ2) is 8.82. The van der Waals surface area contributed by atoms with Crippen molar-refractivity contribution in [1.82, 2.24) is 10.2 Å². The molecule has 104 valence electrons. The monoisotopic (exact) mass is 265 g/mol. The van der Waals surface area contributed by atoms with Gasteiger partial charge in [-0.1, -0.05) is 13.8 Å². The Morgan fingerprint density at radius 2 is 2.11 bits per heavy atom. The molecule has 0 aliphatic rings. The highest BCUT2D eigenvalue weighted by molar-refractivity contribution is 5.82. The van der Waals surface area contributed by atoms with E-state index in [2.05, 4.69) is 11.2 Å². The van der Waals surface area contributed by atoms with Crippen LogP contribution in [0.4, 0.5) is 4.79 Å². The molecule has 2 N–H and O–H groups in total. The largest absolute Gasteiger partial charge is 0.480 e. The summed E-state index contributed by atoms with van der Waals surface area (Å²) in [7, 11) is 0. The molecule has 0 saturated heterocycles. The third-order valence-corrected chi connectivity index (χ3v) is 2.28. The van der Waals surface area contributed by atoms with Crippen molar-refractivity contribution in [2.75, 3.05) is 13.1 Å². The highest BCUT2D eigenvalue weighted by Crippen LogP contribution is 2.02. The van der Waals surface area contributed by atoms with Crippen LogP contribution in [0.2, 0.25) is 0 Å². The summed E-state index contributed by atoms with van der Waals surface area (Å²) in [4.78, 5) is 24.3. The third kappa shape index (κ3) is 6.95. The van der Waals surface area contributed by atoms with Crippen LogP contribution in [0.1, 0.15) is 26.7 Å². The molecule has 19 heavy (non-hydrogen) atoms. The molecule has 6 nitrogen and oxygen atoms in total. The number of carboxylic acids is 1. The van der Waals surface area contributed by atoms with Crippen LogP contribution in [-0.2, 0) is 4.79 Å². The molecule has 0 aromatic rings. The quantitative estimate of drug-likeness (QED) is 0.673. The number of rotatable bonds is 7. The van der Waals surface area contributed by atoms with Gasteiger partial charge in [-0.25, -0.2) is 9.59 Å². The van der Waals surface area contributed by atoms with Gasteiger partial charge in [-0.15, -0.1) is 12.3 Å². The van der Waals surface area contributed by atoms with Crippen LogP contribution >= 0.6 is 0 Å². The van der Waals surface area contributed by atoms with E-state index in [1.54, 1.807) is 0 Å². The summed E-state index contributed by atoms with van der Waals surface area (Å²) in [5.74, 6) is 1.26. The molecule has 0 aromatic heterocycles. The standard InChI is InChI=1S/C13H19N3O3/c1-4-6-11(12(17)18)15-13(19)16(8-5-7-14)9-10(2)3/h1,10-11H,5-6,8-9H2,2-3H3,(H,15,19)(H,17,18). The molecule has 0 radical (unpaired) electrons. The predicted octanol–water partition coefficient (Wildman–Crippen LogP) is 1.04. The number of nitrogens with zero attached hydrogens (tertiary/aromatic N) is 2. The molecule has 0 bridgehead atoms. The molecule has 0 aliphatic carbocycles. The molecule has 1 unspecified atom stereocenters. The van der Waals surface area contributed by atoms with E-state index >= 15 is 0 Å². The highest BCUT2D eigenvalue weighted by Gasteiger charge is 2.22. The van der Waals surface area contributed by atoms with Crippen molar-refractivity contribution in [2.45, 2.75) is 32.7 Å². The average Bonchev–Trinajstić information content (AvgIpc) is 2.33. The lowest BCUT2D eigenvalue weighted by molar-refractivity contribution is -0.139. The Morgan fingerprint density at radius 1 is 1.47 bits per heavy atom. The van der Waals surface area contributed by atoms with Crippen LogP contribution in [0, 0.1) is 29.6 Å². The van der Waals surface area contributed by atoms with Crippen LogP contribution in [0.25, 0.3) is 0 Å². The summed E-state index contributed by atoms with van der Waals surface area (Å²) in [5.41, 5.74) is 0. The Kier molecular flexibility index (Phi) is 7.79. The molecule has 6 heteroatoms. The molecule has 0 aliphatic heterocycles. The zero-order chi connectivity index (χ0) is 14.8. The van der Waals surface area contributed by atoms with Crippen molar-refractivity contribution in [3.8, 4) is 18.4 Å². The lowest BCUT2D eigenvalue weighted by Crippen LogP contribution is -2.49. The van der Waals surface area contributed by atoms with E-state index in [0.29, 0.717) is 6.54 Å². The first-order chi connectivity index (χ1) is 8.92. The third-order valence-electron chi connectivity index (χ3n) is 2.28. The maximum absolute atomic E-state index is 11.9. The average molecular weight is 265 g/mol. The van der Waals surface area contributed by atoms with Gasteiger partial charge >= 0.3 is 12.0 Å². The first kappa shape index (κ1) is 16.8. The van der Waals surface area contributed by atoms with Crippen molar-refractivity contribution in [3.05, 3.63) is 0 Å². The van der Waals surface area contributed by atoms with Crippen molar-refractivity contribution in [1.29, 1.82) is 5.26 Å². The molecule has 0 heterocycles. The Hall–Kier alpha value is -2.21. The highest BCUT2D eigenvalue weighted by atomic mass is 16.4. The van der Waals surface area contributed by atoms with Gasteiger partial charge in [0.1, 0.15) is 6.04 Å². The summed E-state index contributed by atoms with van der Waals surface area (Å²) >= 11 is 0. The van der Waals surface area contributed by atoms with E-state index in [4.69, 9.17) is 16.8 Å². The van der Waals surface area contributed by atoms with E-state index in [1.165, 1.54) is 4.90 Å². The maximum atomic E-state index is 11.9. The Morgan fingerprint density at radius 3 is 2.53 bits per heavy atom. The smallest absolute Gasteiger partial charge is 0.327 e. The Bertz CT molecular complexity index is 393. The molecular weight excluding hydrogens is 246 g/mol. The number of carboxylic acid groups (broad SMARTS) is 1. The van der Waals surface area contributed by atoms with Crippen LogP contribution < -0.4 is 5.32 Å². The number of carbonyl (C=O) groups excluding carboxylic acids is 1. The summed E-state index contributed by atoms with van der Waals surface area (Å²) in [6, 6.07) is 0.347. The number of hydrogen-bond donors (Lipinski definition) is 2. The number of nitrogens with one attached hydrogen (secondary N) is 1. The number of terminal acetylenes is 1. The molecule has 1 atom stereocenters. The van der Waals surface area contributed by atoms with E-state index in [1.807, 2.05) is 19.9 Å². The summed E-state index contributed by atoms with van der Waals surface area (Å²) in [6.07, 6.45) is 5.19. The number of nitriles is 1. The molecule has 0 fully saturated rings. The van der Waals surface area contributed by atoms with E-state index in [-0.39, 0.29) is 25.3 Å². The minimum Gasteiger partial charge on any atom is -0.480 e. The lowest BCUT2D eigenvalue weighted by atomic mass is 10.2. The fourth-order valence-electron chi connectivity index (χ4n) is 1.46. The van der Waals surface area contributed by atoms with Gasteiger partial charge in [-0.05, 0) is 5.92 Å². The van der Waals surface area contributed by atoms with E-state index in [9.17, 15) is 9.59 Å². The second-order valence-electron chi connectivity index (χ2n) is 4.50. The number of amides is 2. The zero-order valence-electron chi connectivity index (χ0n) is 11.2. The fraction of sp³-hybridized carbons (Fsp3) is 0.615. The first-order valence-electron chi connectivity index (χ1n) is 6.01. The normalized spacial score (nSPS) is 11.2. The molecule has 0 saturated carbocycles. The summed E-state index contributed by atoms with van der Waals surface area (Å²) in [6.45, 7) is 4.59. The van der Waals surface area contributed by atoms with Crippen molar-refractivity contribution < 1.29 is 14.7 Å². The number of urea groups is 1. The van der Waals surface area contributed by atoms with Crippen LogP contribution in [0.5, 0.6) is 0 Å². The lowest BCUT2D eigenvalue weighted by Gasteiger charge is -2.25. The van der Waals surface area contributed by atoms with Crippen LogP contribution in [0.3, 0.4) is 0 Å². The SMILES string of the molecule is C#CCC(NC(=O)N(CCC#N)CC(C)C)C(=O)O. The van der Waals surface area contributed by atoms with Gasteiger partial charge in [0.05, 0.1) is 12.5 Å². The molecule has 0 aromatic carbocycles. The molecule has 0 spiro atoms. The zero-order valence-corrected chi connectivity index (χ0v) is 11.2.